The van der Waals surface area contributed by atoms with Crippen molar-refractivity contribution in [2.45, 2.75) is 50.0 Å². The second-order valence-electron chi connectivity index (χ2n) is 0.707. The van der Waals surface area contributed by atoms with Crippen LogP contribution in [-0.2, 0) is 32.7 Å². The third-order valence-corrected chi connectivity index (χ3v) is 0. The molecule has 0 aliphatic carbocycles. The van der Waals surface area contributed by atoms with E-state index in [1.54, 1.807) is 0 Å². The summed E-state index contributed by atoms with van der Waals surface area (Å²) in [5.41, 5.74) is 0. The van der Waals surface area contributed by atoms with Crippen LogP contribution >= 0.6 is 0 Å². The second kappa shape index (κ2) is 189. The largest absolute Gasteiger partial charge is 0.358 e. The molecule has 0 rings (SSSR count). The molecule has 0 N–H and O–H groups in total. The molecule has 0 atom stereocenters. The molecule has 0 aromatic rings. The second-order valence-corrected chi connectivity index (χ2v) is 0.707. The Kier molecular flexibility index (Phi) is 2230. The molecular weight excluding hydrogens is 197 g/mol. The maximum atomic E-state index is 2.12. The minimum atomic E-state index is 0. The van der Waals surface area contributed by atoms with Gasteiger partial charge < -0.3 is 14.9 Å². The molecule has 0 spiro atoms. The van der Waals surface area contributed by atoms with Crippen LogP contribution in [0.5, 0.6) is 0 Å². The van der Waals surface area contributed by atoms with Gasteiger partial charge in [-0.3, -0.25) is 0 Å². The first-order chi connectivity index (χ1) is 1.41. The van der Waals surface area contributed by atoms with Crippen LogP contribution in [0.2, 0.25) is 0 Å². The normalized spacial score (nSPS) is 1.80. The predicted octanol–water partition coefficient (Wildman–Crippen LogP) is 4.86. The molecule has 0 nitrogen and oxygen atoms in total. The summed E-state index contributed by atoms with van der Waals surface area (Å²) >= 11 is 0. The summed E-state index contributed by atoms with van der Waals surface area (Å²) in [6.07, 6.45) is 1.25. The Bertz CT molecular complexity index is 4.69. The van der Waals surface area contributed by atoms with E-state index in [4.69, 9.17) is 0 Å². The van der Waals surface area contributed by atoms with Gasteiger partial charge in [0.2, 0.25) is 0 Å². The Morgan fingerprint density at radius 2 is 0.700 bits per heavy atom. The van der Waals surface area contributed by atoms with E-state index in [0.29, 0.717) is 0 Å². The van der Waals surface area contributed by atoms with Crippen LogP contribution < -0.4 is 0 Å². The molecule has 71 valence electrons. The fourth-order valence-corrected chi connectivity index (χ4v) is 0. The summed E-state index contributed by atoms with van der Waals surface area (Å²) in [6, 6.07) is 0. The van der Waals surface area contributed by atoms with E-state index in [9.17, 15) is 0 Å². The van der Waals surface area contributed by atoms with Crippen LogP contribution in [0.25, 0.3) is 0 Å². The van der Waals surface area contributed by atoms with Crippen molar-refractivity contribution in [3.05, 3.63) is 14.9 Å². The van der Waals surface area contributed by atoms with E-state index in [1.807, 2.05) is 0 Å². The van der Waals surface area contributed by atoms with Gasteiger partial charge in [0.15, 0.2) is 0 Å². The first-order valence-electron chi connectivity index (χ1n) is 1.41. The Morgan fingerprint density at radius 1 is 0.700 bits per heavy atom. The average Bonchev–Trinajstić information content (AvgIpc) is 0.918. The molecule has 0 unspecified atom stereocenters. The van der Waals surface area contributed by atoms with Gasteiger partial charge in [0.05, 0.1) is 0 Å². The minimum absolute atomic E-state index is 0. The summed E-state index contributed by atoms with van der Waals surface area (Å²) < 4.78 is 0. The van der Waals surface area contributed by atoms with E-state index in [2.05, 4.69) is 13.8 Å². The molecule has 0 bridgehead atoms. The standard InChI is InChI=1S/C3H8.4CH4.2CH3.Y/c1-3-2;;;;;;;/h3H2,1-2H3;4*1H4;2*1H3;/q;;;;;2*-1;. The van der Waals surface area contributed by atoms with Crippen molar-refractivity contribution in [2.75, 3.05) is 0 Å². The average molecular weight is 227 g/mol. The molecule has 0 aliphatic rings. The van der Waals surface area contributed by atoms with E-state index in [1.165, 1.54) is 6.42 Å². The predicted molar refractivity (Wildman–Crippen MR) is 55.7 cm³/mol. The molecule has 1 radical (unpaired) electrons. The van der Waals surface area contributed by atoms with Gasteiger partial charge in [0, 0.05) is 32.7 Å². The first kappa shape index (κ1) is 118. The molecule has 0 aromatic heterocycles. The molecule has 0 amide bonds. The number of rotatable bonds is 0. The molecule has 0 heterocycles. The van der Waals surface area contributed by atoms with Crippen molar-refractivity contribution in [1.82, 2.24) is 0 Å². The molecule has 10 heavy (non-hydrogen) atoms. The van der Waals surface area contributed by atoms with Crippen LogP contribution in [-0.4, -0.2) is 0 Å². The van der Waals surface area contributed by atoms with Crippen LogP contribution in [0.1, 0.15) is 50.0 Å². The van der Waals surface area contributed by atoms with Crippen molar-refractivity contribution >= 4 is 0 Å². The van der Waals surface area contributed by atoms with Gasteiger partial charge >= 0.3 is 0 Å². The number of hydrogen-bond donors (Lipinski definition) is 0. The molecule has 0 aromatic carbocycles. The smallest absolute Gasteiger partial charge is 0 e. The zero-order valence-corrected chi connectivity index (χ0v) is 8.12. The van der Waals surface area contributed by atoms with Crippen molar-refractivity contribution < 1.29 is 32.7 Å². The quantitative estimate of drug-likeness (QED) is 0.518. The van der Waals surface area contributed by atoms with Gasteiger partial charge in [-0.1, -0.05) is 50.0 Å². The molecule has 0 saturated heterocycles. The summed E-state index contributed by atoms with van der Waals surface area (Å²) in [5, 5.41) is 0. The molecule has 1 heteroatoms. The Labute approximate surface area is 97.1 Å². The van der Waals surface area contributed by atoms with E-state index < -0.39 is 0 Å². The summed E-state index contributed by atoms with van der Waals surface area (Å²) in [5.74, 6) is 0. The zero-order valence-electron chi connectivity index (χ0n) is 5.28. The Morgan fingerprint density at radius 3 is 0.700 bits per heavy atom. The zero-order chi connectivity index (χ0) is 2.71. The molecule has 0 aliphatic heterocycles. The monoisotopic (exact) mass is 227 g/mol. The van der Waals surface area contributed by atoms with Crippen LogP contribution in [0.4, 0.5) is 0 Å². The topological polar surface area (TPSA) is 0 Å². The van der Waals surface area contributed by atoms with E-state index in [-0.39, 0.29) is 77.3 Å². The van der Waals surface area contributed by atoms with Crippen molar-refractivity contribution in [2.24, 2.45) is 0 Å². The Hall–Kier alpha value is 1.10. The first-order valence-corrected chi connectivity index (χ1v) is 1.41. The van der Waals surface area contributed by atoms with Crippen molar-refractivity contribution in [1.29, 1.82) is 0 Å². The molecular formula is C9H30Y-2. The fraction of sp³-hybridized carbons (Fsp3) is 0.778. The molecule has 0 fully saturated rings. The number of hydrogen-bond acceptors (Lipinski definition) is 0. The SMILES string of the molecule is C.C.C.C.CCC.[CH3-].[CH3-].[Y]. The fourth-order valence-electron chi connectivity index (χ4n) is 0. The third kappa shape index (κ3) is 491. The van der Waals surface area contributed by atoms with Crippen LogP contribution in [0.3, 0.4) is 0 Å². The van der Waals surface area contributed by atoms with Gasteiger partial charge in [0.1, 0.15) is 0 Å². The van der Waals surface area contributed by atoms with Gasteiger partial charge in [-0.2, -0.15) is 0 Å². The van der Waals surface area contributed by atoms with Crippen LogP contribution in [0.15, 0.2) is 0 Å². The van der Waals surface area contributed by atoms with Crippen molar-refractivity contribution in [3.63, 3.8) is 0 Å². The van der Waals surface area contributed by atoms with Gasteiger partial charge in [-0.05, 0) is 0 Å². The third-order valence-electron chi connectivity index (χ3n) is 0. The minimum Gasteiger partial charge on any atom is -0.358 e. The van der Waals surface area contributed by atoms with E-state index >= 15 is 0 Å². The van der Waals surface area contributed by atoms with Gasteiger partial charge in [0.25, 0.3) is 0 Å². The maximum absolute atomic E-state index is 2.12. The maximum Gasteiger partial charge on any atom is 0 e. The summed E-state index contributed by atoms with van der Waals surface area (Å²) in [7, 11) is 0. The Balaban J connectivity index is -0.000000000952. The molecule has 0 saturated carbocycles. The summed E-state index contributed by atoms with van der Waals surface area (Å²) in [4.78, 5) is 0. The van der Waals surface area contributed by atoms with E-state index in [0.717, 1.165) is 0 Å². The van der Waals surface area contributed by atoms with Gasteiger partial charge in [-0.25, -0.2) is 0 Å². The van der Waals surface area contributed by atoms with Crippen molar-refractivity contribution in [3.8, 4) is 0 Å². The van der Waals surface area contributed by atoms with Gasteiger partial charge in [-0.15, -0.1) is 0 Å². The van der Waals surface area contributed by atoms with Crippen LogP contribution in [0, 0.1) is 14.9 Å². The summed E-state index contributed by atoms with van der Waals surface area (Å²) in [6.45, 7) is 4.25.